The van der Waals surface area contributed by atoms with Gasteiger partial charge in [-0.3, -0.25) is 25.0 Å². The van der Waals surface area contributed by atoms with Crippen LogP contribution < -0.4 is 5.32 Å². The third-order valence-electron chi connectivity index (χ3n) is 2.76. The van der Waals surface area contributed by atoms with E-state index in [0.29, 0.717) is 0 Å². The van der Waals surface area contributed by atoms with Gasteiger partial charge in [0, 0.05) is 31.4 Å². The normalized spacial score (nSPS) is 11.0. The number of nitrogens with zero attached hydrogens (tertiary/aromatic N) is 2. The van der Waals surface area contributed by atoms with E-state index < -0.39 is 47.6 Å². The highest BCUT2D eigenvalue weighted by Crippen LogP contribution is 2.37. The molecule has 0 aliphatic carbocycles. The summed E-state index contributed by atoms with van der Waals surface area (Å²) in [7, 11) is -3.88. The van der Waals surface area contributed by atoms with Gasteiger partial charge in [-0.15, -0.1) is 0 Å². The quantitative estimate of drug-likeness (QED) is 0.398. The van der Waals surface area contributed by atoms with E-state index in [1.54, 1.807) is 0 Å². The molecule has 1 aromatic carbocycles. The van der Waals surface area contributed by atoms with Crippen molar-refractivity contribution in [2.24, 2.45) is 0 Å². The zero-order chi connectivity index (χ0) is 17.8. The maximum atomic E-state index is 11.5. The van der Waals surface area contributed by atoms with Crippen LogP contribution >= 0.6 is 0 Å². The number of carbonyl (C=O) groups is 1. The number of aliphatic carboxylic acids is 1. The average Bonchev–Trinajstić information content (AvgIpc) is 2.41. The summed E-state index contributed by atoms with van der Waals surface area (Å²) in [5.41, 5.74) is -2.00. The van der Waals surface area contributed by atoms with Crippen molar-refractivity contribution in [3.63, 3.8) is 0 Å². The van der Waals surface area contributed by atoms with E-state index in [0.717, 1.165) is 18.4 Å². The summed E-state index contributed by atoms with van der Waals surface area (Å²) < 4.78 is 23.0. The highest BCUT2D eigenvalue weighted by atomic mass is 32.2. The number of anilines is 1. The number of nitrogens with one attached hydrogen (secondary N) is 1. The summed E-state index contributed by atoms with van der Waals surface area (Å²) in [6.07, 6.45) is 0.628. The van der Waals surface area contributed by atoms with Gasteiger partial charge >= 0.3 is 17.3 Å². The van der Waals surface area contributed by atoms with Gasteiger partial charge in [0.1, 0.15) is 0 Å². The van der Waals surface area contributed by atoms with Crippen molar-refractivity contribution in [3.05, 3.63) is 32.4 Å². The van der Waals surface area contributed by atoms with Gasteiger partial charge in [0.05, 0.1) is 14.7 Å². The summed E-state index contributed by atoms with van der Waals surface area (Å²) in [6, 6.07) is 1.45. The molecule has 12 heteroatoms. The van der Waals surface area contributed by atoms with Crippen molar-refractivity contribution >= 4 is 32.9 Å². The van der Waals surface area contributed by atoms with Crippen LogP contribution in [0.2, 0.25) is 0 Å². The molecule has 0 saturated carbocycles. The summed E-state index contributed by atoms with van der Waals surface area (Å²) in [5, 5.41) is 33.1. The molecule has 126 valence electrons. The van der Waals surface area contributed by atoms with Crippen molar-refractivity contribution in [3.8, 4) is 0 Å². The number of hydrogen-bond donors (Lipinski definition) is 2. The van der Waals surface area contributed by atoms with Gasteiger partial charge in [0.2, 0.25) is 0 Å². The van der Waals surface area contributed by atoms with Crippen LogP contribution in [0.5, 0.6) is 0 Å². The SMILES string of the molecule is CS(=O)(=O)c1cc([N+](=O)[O-])c(NCCCC(=O)O)c([N+](=O)[O-])c1. The maximum absolute atomic E-state index is 11.5. The second-order valence-electron chi connectivity index (χ2n) is 4.55. The van der Waals surface area contributed by atoms with Gasteiger partial charge in [-0.05, 0) is 6.42 Å². The van der Waals surface area contributed by atoms with E-state index in [1.165, 1.54) is 0 Å². The Balaban J connectivity index is 3.33. The molecule has 0 aliphatic heterocycles. The zero-order valence-electron chi connectivity index (χ0n) is 11.9. The van der Waals surface area contributed by atoms with Crippen LogP contribution in [0.4, 0.5) is 17.1 Å². The lowest BCUT2D eigenvalue weighted by molar-refractivity contribution is -0.392. The first kappa shape index (κ1) is 18.3. The van der Waals surface area contributed by atoms with Gasteiger partial charge in [-0.2, -0.15) is 0 Å². The van der Waals surface area contributed by atoms with Crippen LogP contribution in [0, 0.1) is 20.2 Å². The third-order valence-corrected chi connectivity index (χ3v) is 3.85. The van der Waals surface area contributed by atoms with Gasteiger partial charge in [0.15, 0.2) is 15.5 Å². The van der Waals surface area contributed by atoms with Gasteiger partial charge < -0.3 is 10.4 Å². The third kappa shape index (κ3) is 4.88. The van der Waals surface area contributed by atoms with Crippen LogP contribution in [0.15, 0.2) is 17.0 Å². The molecular formula is C11H13N3O8S. The molecule has 2 N–H and O–H groups in total. The van der Waals surface area contributed by atoms with Gasteiger partial charge in [-0.1, -0.05) is 0 Å². The summed E-state index contributed by atoms with van der Waals surface area (Å²) >= 11 is 0. The Hall–Kier alpha value is -2.76. The monoisotopic (exact) mass is 347 g/mol. The lowest BCUT2D eigenvalue weighted by Crippen LogP contribution is -2.10. The second-order valence-corrected chi connectivity index (χ2v) is 6.56. The zero-order valence-corrected chi connectivity index (χ0v) is 12.7. The molecule has 0 heterocycles. The lowest BCUT2D eigenvalue weighted by Gasteiger charge is -2.08. The van der Waals surface area contributed by atoms with E-state index >= 15 is 0 Å². The Morgan fingerprint density at radius 1 is 1.22 bits per heavy atom. The van der Waals surface area contributed by atoms with Crippen molar-refractivity contribution in [1.29, 1.82) is 0 Å². The van der Waals surface area contributed by atoms with Crippen molar-refractivity contribution in [1.82, 2.24) is 0 Å². The molecule has 11 nitrogen and oxygen atoms in total. The van der Waals surface area contributed by atoms with Crippen molar-refractivity contribution in [2.45, 2.75) is 17.7 Å². The number of rotatable bonds is 8. The highest BCUT2D eigenvalue weighted by Gasteiger charge is 2.29. The predicted octanol–water partition coefficient (Wildman–Crippen LogP) is 1.18. The molecule has 0 spiro atoms. The number of carboxylic acids is 1. The molecule has 0 atom stereocenters. The average molecular weight is 347 g/mol. The summed E-state index contributed by atoms with van der Waals surface area (Å²) in [4.78, 5) is 30.1. The molecular weight excluding hydrogens is 334 g/mol. The Kier molecular flexibility index (Phi) is 5.57. The Morgan fingerprint density at radius 3 is 2.04 bits per heavy atom. The molecule has 0 aliphatic rings. The van der Waals surface area contributed by atoms with E-state index in [2.05, 4.69) is 5.32 Å². The topological polar surface area (TPSA) is 170 Å². The minimum absolute atomic E-state index is 0.0633. The van der Waals surface area contributed by atoms with Gasteiger partial charge in [0.25, 0.3) is 0 Å². The first-order valence-corrected chi connectivity index (χ1v) is 8.05. The van der Waals surface area contributed by atoms with E-state index in [4.69, 9.17) is 5.11 Å². The number of sulfone groups is 1. The molecule has 0 radical (unpaired) electrons. The fraction of sp³-hybridized carbons (Fsp3) is 0.364. The molecule has 0 saturated heterocycles. The number of carboxylic acid groups (broad SMARTS) is 1. The molecule has 0 unspecified atom stereocenters. The molecule has 0 bridgehead atoms. The Morgan fingerprint density at radius 2 is 1.70 bits per heavy atom. The fourth-order valence-corrected chi connectivity index (χ4v) is 2.37. The Bertz CT molecular complexity index is 724. The molecule has 23 heavy (non-hydrogen) atoms. The van der Waals surface area contributed by atoms with Crippen LogP contribution in [0.25, 0.3) is 0 Å². The standard InChI is InChI=1S/C11H13N3O8S/c1-23(21,22)7-5-8(13(17)18)11(9(6-7)14(19)20)12-4-2-3-10(15)16/h5-6,12H,2-4H2,1H3,(H,15,16). The Labute approximate surface area is 130 Å². The van der Waals surface area contributed by atoms with Crippen LogP contribution in [-0.2, 0) is 14.6 Å². The van der Waals surface area contributed by atoms with E-state index in [1.807, 2.05) is 0 Å². The summed E-state index contributed by atoms with van der Waals surface area (Å²) in [5.74, 6) is -1.08. The van der Waals surface area contributed by atoms with Crippen molar-refractivity contribution in [2.75, 3.05) is 18.1 Å². The first-order valence-electron chi connectivity index (χ1n) is 6.16. The molecule has 1 rings (SSSR count). The lowest BCUT2D eigenvalue weighted by atomic mass is 10.2. The van der Waals surface area contributed by atoms with Crippen LogP contribution in [0.3, 0.4) is 0 Å². The molecule has 1 aromatic rings. The molecule has 0 fully saturated rings. The largest absolute Gasteiger partial charge is 0.481 e. The first-order chi connectivity index (χ1) is 10.5. The van der Waals surface area contributed by atoms with Crippen molar-refractivity contribution < 1.29 is 28.2 Å². The smallest absolute Gasteiger partial charge is 0.303 e. The number of benzene rings is 1. The summed E-state index contributed by atoms with van der Waals surface area (Å²) in [6.45, 7) is -0.0633. The minimum atomic E-state index is -3.88. The maximum Gasteiger partial charge on any atom is 0.303 e. The highest BCUT2D eigenvalue weighted by molar-refractivity contribution is 7.90. The number of hydrogen-bond acceptors (Lipinski definition) is 8. The van der Waals surface area contributed by atoms with E-state index in [9.17, 15) is 33.4 Å². The molecule has 0 amide bonds. The second kappa shape index (κ2) is 7.00. The minimum Gasteiger partial charge on any atom is -0.481 e. The van der Waals surface area contributed by atoms with Gasteiger partial charge in [-0.25, -0.2) is 8.42 Å². The van der Waals surface area contributed by atoms with E-state index in [-0.39, 0.29) is 19.4 Å². The number of nitro groups is 2. The van der Waals surface area contributed by atoms with Crippen LogP contribution in [0.1, 0.15) is 12.8 Å². The fourth-order valence-electron chi connectivity index (χ4n) is 1.72. The van der Waals surface area contributed by atoms with Crippen LogP contribution in [-0.4, -0.2) is 42.1 Å². The number of nitro benzene ring substituents is 2. The molecule has 0 aromatic heterocycles. The predicted molar refractivity (Wildman–Crippen MR) is 78.2 cm³/mol.